The lowest BCUT2D eigenvalue weighted by atomic mass is 9.92. The van der Waals surface area contributed by atoms with Gasteiger partial charge in [-0.1, -0.05) is 12.1 Å². The highest BCUT2D eigenvalue weighted by Gasteiger charge is 2.28. The van der Waals surface area contributed by atoms with E-state index in [1.54, 1.807) is 25.3 Å². The van der Waals surface area contributed by atoms with Crippen molar-refractivity contribution >= 4 is 16.9 Å². The van der Waals surface area contributed by atoms with E-state index in [4.69, 9.17) is 5.84 Å². The van der Waals surface area contributed by atoms with Crippen LogP contribution in [0, 0.1) is 12.3 Å². The summed E-state index contributed by atoms with van der Waals surface area (Å²) in [6.07, 6.45) is 0. The minimum Gasteiger partial charge on any atom is -0.304 e. The number of amides is 1. The van der Waals surface area contributed by atoms with Crippen LogP contribution in [0.2, 0.25) is 0 Å². The molecule has 6 heteroatoms. The average Bonchev–Trinajstić information content (AvgIpc) is 2.42. The molecular formula is C14H18N4O2. The molecule has 0 aliphatic carbocycles. The summed E-state index contributed by atoms with van der Waals surface area (Å²) in [5, 5.41) is 0. The van der Waals surface area contributed by atoms with Crippen molar-refractivity contribution in [3.63, 3.8) is 0 Å². The third-order valence-corrected chi connectivity index (χ3v) is 3.31. The van der Waals surface area contributed by atoms with E-state index in [0.29, 0.717) is 11.2 Å². The van der Waals surface area contributed by atoms with Crippen molar-refractivity contribution in [3.05, 3.63) is 40.3 Å². The van der Waals surface area contributed by atoms with E-state index in [9.17, 15) is 9.59 Å². The number of rotatable bonds is 3. The van der Waals surface area contributed by atoms with Crippen molar-refractivity contribution in [2.24, 2.45) is 11.3 Å². The SMILES string of the molecule is Cc1nc2ccccc2n(CC(C)(C)C(=O)NN)c1=O. The number of aryl methyl sites for hydroxylation is 1. The molecule has 1 heterocycles. The molecule has 1 aromatic heterocycles. The molecule has 0 bridgehead atoms. The van der Waals surface area contributed by atoms with Crippen LogP contribution in [-0.2, 0) is 11.3 Å². The molecule has 3 N–H and O–H groups in total. The number of carbonyl (C=O) groups is 1. The molecule has 0 spiro atoms. The number of benzene rings is 1. The van der Waals surface area contributed by atoms with Crippen LogP contribution >= 0.6 is 0 Å². The van der Waals surface area contributed by atoms with E-state index in [1.807, 2.05) is 24.3 Å². The first kappa shape index (κ1) is 14.2. The minimum atomic E-state index is -0.796. The van der Waals surface area contributed by atoms with E-state index in [1.165, 1.54) is 0 Å². The normalized spacial score (nSPS) is 11.6. The van der Waals surface area contributed by atoms with E-state index in [2.05, 4.69) is 10.4 Å². The molecule has 106 valence electrons. The molecule has 0 fully saturated rings. The maximum Gasteiger partial charge on any atom is 0.272 e. The van der Waals surface area contributed by atoms with Gasteiger partial charge in [0.05, 0.1) is 16.4 Å². The van der Waals surface area contributed by atoms with Gasteiger partial charge in [0.15, 0.2) is 0 Å². The standard InChI is InChI=1S/C14H18N4O2/c1-9-12(19)18(8-14(2,3)13(20)17-15)11-7-5-4-6-10(11)16-9/h4-7H,8,15H2,1-3H3,(H,17,20). The van der Waals surface area contributed by atoms with Crippen LogP contribution in [0.5, 0.6) is 0 Å². The van der Waals surface area contributed by atoms with E-state index >= 15 is 0 Å². The zero-order valence-electron chi connectivity index (χ0n) is 11.8. The number of fused-ring (bicyclic) bond motifs is 1. The van der Waals surface area contributed by atoms with Gasteiger partial charge in [0.25, 0.3) is 5.56 Å². The number of hydrazine groups is 1. The molecule has 0 saturated heterocycles. The van der Waals surface area contributed by atoms with Crippen LogP contribution in [0.1, 0.15) is 19.5 Å². The molecule has 0 unspecified atom stereocenters. The lowest BCUT2D eigenvalue weighted by Gasteiger charge is -2.24. The van der Waals surface area contributed by atoms with Gasteiger partial charge in [-0.15, -0.1) is 0 Å². The van der Waals surface area contributed by atoms with Gasteiger partial charge in [-0.25, -0.2) is 10.8 Å². The summed E-state index contributed by atoms with van der Waals surface area (Å²) in [5.74, 6) is 4.88. The first-order chi connectivity index (χ1) is 9.36. The fourth-order valence-corrected chi connectivity index (χ4v) is 2.14. The predicted octanol–water partition coefficient (Wildman–Crippen LogP) is 0.721. The van der Waals surface area contributed by atoms with Gasteiger partial charge in [0, 0.05) is 6.54 Å². The highest BCUT2D eigenvalue weighted by Crippen LogP contribution is 2.20. The second-order valence-corrected chi connectivity index (χ2v) is 5.43. The molecule has 6 nitrogen and oxygen atoms in total. The third-order valence-electron chi connectivity index (χ3n) is 3.31. The number of nitrogens with one attached hydrogen (secondary N) is 1. The zero-order valence-corrected chi connectivity index (χ0v) is 11.8. The van der Waals surface area contributed by atoms with Crippen LogP contribution in [0.15, 0.2) is 29.1 Å². The second-order valence-electron chi connectivity index (χ2n) is 5.43. The Hall–Kier alpha value is -2.21. The fourth-order valence-electron chi connectivity index (χ4n) is 2.14. The molecule has 2 rings (SSSR count). The largest absolute Gasteiger partial charge is 0.304 e. The van der Waals surface area contributed by atoms with Crippen LogP contribution < -0.4 is 16.8 Å². The smallest absolute Gasteiger partial charge is 0.272 e. The van der Waals surface area contributed by atoms with Crippen molar-refractivity contribution in [1.82, 2.24) is 15.0 Å². The molecule has 20 heavy (non-hydrogen) atoms. The first-order valence-electron chi connectivity index (χ1n) is 6.34. The average molecular weight is 274 g/mol. The molecule has 0 aliphatic rings. The van der Waals surface area contributed by atoms with Crippen molar-refractivity contribution in [3.8, 4) is 0 Å². The summed E-state index contributed by atoms with van der Waals surface area (Å²) >= 11 is 0. The summed E-state index contributed by atoms with van der Waals surface area (Å²) in [4.78, 5) is 28.4. The number of nitrogens with zero attached hydrogens (tertiary/aromatic N) is 2. The second kappa shape index (κ2) is 5.05. The van der Waals surface area contributed by atoms with Gasteiger partial charge in [0.1, 0.15) is 5.69 Å². The summed E-state index contributed by atoms with van der Waals surface area (Å²) in [5.41, 5.74) is 3.00. The summed E-state index contributed by atoms with van der Waals surface area (Å²) in [7, 11) is 0. The number of hydrogen-bond donors (Lipinski definition) is 2. The van der Waals surface area contributed by atoms with Gasteiger partial charge in [-0.2, -0.15) is 0 Å². The summed E-state index contributed by atoms with van der Waals surface area (Å²) in [6, 6.07) is 7.36. The predicted molar refractivity (Wildman–Crippen MR) is 76.9 cm³/mol. The highest BCUT2D eigenvalue weighted by molar-refractivity contribution is 5.81. The molecule has 1 amide bonds. The Morgan fingerprint density at radius 3 is 2.70 bits per heavy atom. The Kier molecular flexibility index (Phi) is 3.59. The lowest BCUT2D eigenvalue weighted by molar-refractivity contribution is -0.130. The maximum absolute atomic E-state index is 12.3. The van der Waals surface area contributed by atoms with E-state index in [0.717, 1.165) is 5.52 Å². The fraction of sp³-hybridized carbons (Fsp3) is 0.357. The third kappa shape index (κ3) is 2.42. The lowest BCUT2D eigenvalue weighted by Crippen LogP contribution is -2.44. The molecule has 1 aromatic carbocycles. The highest BCUT2D eigenvalue weighted by atomic mass is 16.2. The molecular weight excluding hydrogens is 256 g/mol. The number of para-hydroxylation sites is 2. The van der Waals surface area contributed by atoms with Crippen molar-refractivity contribution < 1.29 is 4.79 Å². The zero-order chi connectivity index (χ0) is 14.9. The van der Waals surface area contributed by atoms with Crippen molar-refractivity contribution in [1.29, 1.82) is 0 Å². The number of hydrogen-bond acceptors (Lipinski definition) is 4. The number of carbonyl (C=O) groups excluding carboxylic acids is 1. The van der Waals surface area contributed by atoms with Gasteiger partial charge >= 0.3 is 0 Å². The first-order valence-corrected chi connectivity index (χ1v) is 6.34. The van der Waals surface area contributed by atoms with Gasteiger partial charge in [0.2, 0.25) is 5.91 Å². The van der Waals surface area contributed by atoms with Gasteiger partial charge < -0.3 is 4.57 Å². The summed E-state index contributed by atoms with van der Waals surface area (Å²) < 4.78 is 1.58. The number of aromatic nitrogens is 2. The molecule has 2 aromatic rings. The van der Waals surface area contributed by atoms with Crippen LogP contribution in [0.4, 0.5) is 0 Å². The topological polar surface area (TPSA) is 90.0 Å². The summed E-state index contributed by atoms with van der Waals surface area (Å²) in [6.45, 7) is 5.39. The molecule has 0 saturated carbocycles. The van der Waals surface area contributed by atoms with Crippen molar-refractivity contribution in [2.45, 2.75) is 27.3 Å². The Balaban J connectivity index is 2.62. The quantitative estimate of drug-likeness (QED) is 0.490. The molecule has 0 radical (unpaired) electrons. The Morgan fingerprint density at radius 1 is 1.40 bits per heavy atom. The van der Waals surface area contributed by atoms with Crippen LogP contribution in [-0.4, -0.2) is 15.5 Å². The van der Waals surface area contributed by atoms with Gasteiger partial charge in [-0.3, -0.25) is 15.0 Å². The molecule has 0 aliphatic heterocycles. The Bertz CT molecular complexity index is 719. The van der Waals surface area contributed by atoms with Gasteiger partial charge in [-0.05, 0) is 32.9 Å². The van der Waals surface area contributed by atoms with Crippen molar-refractivity contribution in [2.75, 3.05) is 0 Å². The maximum atomic E-state index is 12.3. The Morgan fingerprint density at radius 2 is 2.05 bits per heavy atom. The molecule has 0 atom stereocenters. The Labute approximate surface area is 116 Å². The number of nitrogens with two attached hydrogens (primary N) is 1. The monoisotopic (exact) mass is 274 g/mol. The van der Waals surface area contributed by atoms with E-state index in [-0.39, 0.29) is 18.0 Å². The minimum absolute atomic E-state index is 0.193. The van der Waals surface area contributed by atoms with Crippen LogP contribution in [0.3, 0.4) is 0 Å². The van der Waals surface area contributed by atoms with E-state index < -0.39 is 5.41 Å². The van der Waals surface area contributed by atoms with Crippen LogP contribution in [0.25, 0.3) is 11.0 Å².